The van der Waals surface area contributed by atoms with Crippen molar-refractivity contribution in [3.05, 3.63) is 35.9 Å². The zero-order valence-corrected chi connectivity index (χ0v) is 10.1. The molecule has 0 heterocycles. The molecule has 0 aliphatic heterocycles. The summed E-state index contributed by atoms with van der Waals surface area (Å²) in [6.45, 7) is 0. The lowest BCUT2D eigenvalue weighted by molar-refractivity contribution is -0.144. The van der Waals surface area contributed by atoms with Crippen LogP contribution < -0.4 is 5.73 Å². The number of nitrogens with two attached hydrogens (primary N) is 1. The van der Waals surface area contributed by atoms with Crippen LogP contribution in [0.2, 0.25) is 0 Å². The van der Waals surface area contributed by atoms with Gasteiger partial charge in [0.1, 0.15) is 0 Å². The van der Waals surface area contributed by atoms with Crippen molar-refractivity contribution in [3.63, 3.8) is 0 Å². The molecule has 18 heavy (non-hydrogen) atoms. The van der Waals surface area contributed by atoms with Crippen LogP contribution in [0.5, 0.6) is 0 Å². The fourth-order valence-electron chi connectivity index (χ4n) is 2.79. The van der Waals surface area contributed by atoms with E-state index in [1.165, 1.54) is 0 Å². The number of carboxylic acid groups (broad SMARTS) is 1. The van der Waals surface area contributed by atoms with Gasteiger partial charge in [-0.2, -0.15) is 0 Å². The van der Waals surface area contributed by atoms with Gasteiger partial charge < -0.3 is 10.8 Å². The van der Waals surface area contributed by atoms with E-state index in [4.69, 9.17) is 10.8 Å². The molecule has 1 aliphatic carbocycles. The molecule has 2 rings (SSSR count). The molecule has 3 N–H and O–H groups in total. The first kappa shape index (κ1) is 12.6. The highest BCUT2D eigenvalue weighted by Gasteiger charge is 2.43. The van der Waals surface area contributed by atoms with Crippen molar-refractivity contribution in [1.82, 2.24) is 0 Å². The Bertz CT molecular complexity index is 447. The van der Waals surface area contributed by atoms with Gasteiger partial charge in [-0.05, 0) is 31.2 Å². The van der Waals surface area contributed by atoms with E-state index >= 15 is 0 Å². The van der Waals surface area contributed by atoms with Crippen molar-refractivity contribution >= 4 is 11.9 Å². The van der Waals surface area contributed by atoms with Crippen LogP contribution in [-0.2, 0) is 15.0 Å². The topological polar surface area (TPSA) is 80.4 Å². The Morgan fingerprint density at radius 2 is 1.72 bits per heavy atom. The van der Waals surface area contributed by atoms with Gasteiger partial charge in [0.05, 0.1) is 11.3 Å². The molecule has 1 aromatic rings. The first-order chi connectivity index (χ1) is 8.56. The summed E-state index contributed by atoms with van der Waals surface area (Å²) in [5.41, 5.74) is 5.79. The van der Waals surface area contributed by atoms with E-state index in [1.54, 1.807) is 0 Å². The van der Waals surface area contributed by atoms with E-state index in [9.17, 15) is 9.59 Å². The molecule has 0 radical (unpaired) electrons. The van der Waals surface area contributed by atoms with Crippen molar-refractivity contribution in [2.75, 3.05) is 0 Å². The Kier molecular flexibility index (Phi) is 3.36. The Balaban J connectivity index is 2.27. The van der Waals surface area contributed by atoms with Crippen molar-refractivity contribution in [1.29, 1.82) is 0 Å². The summed E-state index contributed by atoms with van der Waals surface area (Å²) >= 11 is 0. The van der Waals surface area contributed by atoms with Crippen LogP contribution in [0, 0.1) is 5.92 Å². The fraction of sp³-hybridized carbons (Fsp3) is 0.429. The largest absolute Gasteiger partial charge is 0.481 e. The number of rotatable bonds is 3. The third kappa shape index (κ3) is 2.10. The maximum atomic E-state index is 11.8. The van der Waals surface area contributed by atoms with Gasteiger partial charge in [-0.3, -0.25) is 9.59 Å². The predicted octanol–water partition coefficient (Wildman–Crippen LogP) is 1.68. The number of primary amides is 1. The first-order valence-electron chi connectivity index (χ1n) is 6.14. The van der Waals surface area contributed by atoms with Crippen molar-refractivity contribution < 1.29 is 14.7 Å². The molecule has 1 amide bonds. The van der Waals surface area contributed by atoms with E-state index in [1.807, 2.05) is 30.3 Å². The number of benzene rings is 1. The molecule has 0 bridgehead atoms. The van der Waals surface area contributed by atoms with E-state index in [2.05, 4.69) is 0 Å². The lowest BCUT2D eigenvalue weighted by Crippen LogP contribution is -2.44. The predicted molar refractivity (Wildman–Crippen MR) is 66.9 cm³/mol. The quantitative estimate of drug-likeness (QED) is 0.852. The second kappa shape index (κ2) is 4.80. The summed E-state index contributed by atoms with van der Waals surface area (Å²) in [6, 6.07) is 9.44. The standard InChI is InChI=1S/C14H17NO3/c15-13(18)14(11-4-2-1-3-5-11)8-6-10(7-9-14)12(16)17/h1-5,10H,6-9H2,(H2,15,18)(H,16,17). The number of hydrogen-bond donors (Lipinski definition) is 2. The zero-order chi connectivity index (χ0) is 13.2. The monoisotopic (exact) mass is 247 g/mol. The van der Waals surface area contributed by atoms with Crippen LogP contribution in [0.15, 0.2) is 30.3 Å². The molecule has 4 heteroatoms. The van der Waals surface area contributed by atoms with Crippen LogP contribution in [0.3, 0.4) is 0 Å². The van der Waals surface area contributed by atoms with Gasteiger partial charge in [-0.15, -0.1) is 0 Å². The molecule has 0 atom stereocenters. The molecule has 0 unspecified atom stereocenters. The highest BCUT2D eigenvalue weighted by atomic mass is 16.4. The Labute approximate surface area is 106 Å². The van der Waals surface area contributed by atoms with Crippen molar-refractivity contribution in [2.24, 2.45) is 11.7 Å². The van der Waals surface area contributed by atoms with Gasteiger partial charge >= 0.3 is 5.97 Å². The number of hydrogen-bond acceptors (Lipinski definition) is 2. The summed E-state index contributed by atoms with van der Waals surface area (Å²) in [5, 5.41) is 9.00. The average Bonchev–Trinajstić information content (AvgIpc) is 2.39. The molecule has 0 saturated heterocycles. The van der Waals surface area contributed by atoms with Gasteiger partial charge in [0, 0.05) is 0 Å². The van der Waals surface area contributed by atoms with Crippen LogP contribution >= 0.6 is 0 Å². The average molecular weight is 247 g/mol. The Hall–Kier alpha value is -1.84. The minimum absolute atomic E-state index is 0.346. The van der Waals surface area contributed by atoms with Gasteiger partial charge in [-0.25, -0.2) is 0 Å². The fourth-order valence-corrected chi connectivity index (χ4v) is 2.79. The van der Waals surface area contributed by atoms with E-state index in [0.717, 1.165) is 5.56 Å². The van der Waals surface area contributed by atoms with E-state index < -0.39 is 11.4 Å². The second-order valence-corrected chi connectivity index (χ2v) is 4.92. The van der Waals surface area contributed by atoms with Crippen LogP contribution in [0.4, 0.5) is 0 Å². The maximum Gasteiger partial charge on any atom is 0.306 e. The summed E-state index contributed by atoms with van der Waals surface area (Å²) in [4.78, 5) is 22.8. The number of carboxylic acids is 1. The lowest BCUT2D eigenvalue weighted by atomic mass is 9.66. The maximum absolute atomic E-state index is 11.8. The highest BCUT2D eigenvalue weighted by Crippen LogP contribution is 2.41. The number of carbonyl (C=O) groups is 2. The van der Waals surface area contributed by atoms with Crippen molar-refractivity contribution in [2.45, 2.75) is 31.1 Å². The van der Waals surface area contributed by atoms with Crippen molar-refractivity contribution in [3.8, 4) is 0 Å². The van der Waals surface area contributed by atoms with Crippen LogP contribution in [0.1, 0.15) is 31.2 Å². The van der Waals surface area contributed by atoms with Gasteiger partial charge in [0.25, 0.3) is 0 Å². The smallest absolute Gasteiger partial charge is 0.306 e. The Morgan fingerprint density at radius 1 is 1.17 bits per heavy atom. The summed E-state index contributed by atoms with van der Waals surface area (Å²) in [6.07, 6.45) is 2.05. The third-order valence-electron chi connectivity index (χ3n) is 3.99. The summed E-state index contributed by atoms with van der Waals surface area (Å²) < 4.78 is 0. The molecule has 0 spiro atoms. The number of carbonyl (C=O) groups excluding carboxylic acids is 1. The minimum Gasteiger partial charge on any atom is -0.481 e. The van der Waals surface area contributed by atoms with Gasteiger partial charge in [0.2, 0.25) is 5.91 Å². The molecule has 4 nitrogen and oxygen atoms in total. The van der Waals surface area contributed by atoms with Gasteiger partial charge in [-0.1, -0.05) is 30.3 Å². The van der Waals surface area contributed by atoms with Crippen LogP contribution in [0.25, 0.3) is 0 Å². The third-order valence-corrected chi connectivity index (χ3v) is 3.99. The summed E-state index contributed by atoms with van der Waals surface area (Å²) in [7, 11) is 0. The van der Waals surface area contributed by atoms with E-state index in [-0.39, 0.29) is 11.8 Å². The SMILES string of the molecule is NC(=O)C1(c2ccccc2)CCC(C(=O)O)CC1. The molecular formula is C14H17NO3. The normalized spacial score (nSPS) is 27.7. The molecular weight excluding hydrogens is 230 g/mol. The zero-order valence-electron chi connectivity index (χ0n) is 10.1. The lowest BCUT2D eigenvalue weighted by Gasteiger charge is -2.37. The minimum atomic E-state index is -0.777. The first-order valence-corrected chi connectivity index (χ1v) is 6.14. The number of aliphatic carboxylic acids is 1. The van der Waals surface area contributed by atoms with Crippen LogP contribution in [-0.4, -0.2) is 17.0 Å². The van der Waals surface area contributed by atoms with E-state index in [0.29, 0.717) is 25.7 Å². The van der Waals surface area contributed by atoms with Gasteiger partial charge in [0.15, 0.2) is 0 Å². The molecule has 1 aliphatic rings. The molecule has 1 saturated carbocycles. The molecule has 0 aromatic heterocycles. The molecule has 96 valence electrons. The Morgan fingerprint density at radius 3 is 2.17 bits per heavy atom. The second-order valence-electron chi connectivity index (χ2n) is 4.92. The molecule has 1 aromatic carbocycles. The number of amides is 1. The molecule has 1 fully saturated rings. The summed E-state index contributed by atoms with van der Waals surface area (Å²) in [5.74, 6) is -1.47. The highest BCUT2D eigenvalue weighted by molar-refractivity contribution is 5.87.